The number of pyridine rings is 1. The molecule has 0 unspecified atom stereocenters. The van der Waals surface area contributed by atoms with Crippen LogP contribution in [0.4, 0.5) is 5.95 Å². The molecule has 0 aliphatic carbocycles. The minimum atomic E-state index is -0.276. The maximum absolute atomic E-state index is 12.3. The van der Waals surface area contributed by atoms with Gasteiger partial charge >= 0.3 is 0 Å². The lowest BCUT2D eigenvalue weighted by Gasteiger charge is -2.15. The Hall–Kier alpha value is -2.21. The van der Waals surface area contributed by atoms with E-state index in [9.17, 15) is 4.79 Å². The van der Waals surface area contributed by atoms with Crippen LogP contribution in [0.15, 0.2) is 30.7 Å². The van der Waals surface area contributed by atoms with E-state index in [-0.39, 0.29) is 16.6 Å². The van der Waals surface area contributed by atoms with Gasteiger partial charge in [-0.05, 0) is 30.9 Å². The molecule has 1 aliphatic rings. The number of carbonyl (C=O) groups excluding carboxylic acids is 1. The summed E-state index contributed by atoms with van der Waals surface area (Å²) in [5.41, 5.74) is 1.30. The Morgan fingerprint density at radius 3 is 2.87 bits per heavy atom. The van der Waals surface area contributed by atoms with Gasteiger partial charge in [-0.15, -0.1) is 0 Å². The first-order valence-corrected chi connectivity index (χ1v) is 8.06. The van der Waals surface area contributed by atoms with Crippen LogP contribution in [0.3, 0.4) is 0 Å². The Morgan fingerprint density at radius 2 is 2.13 bits per heavy atom. The second kappa shape index (κ2) is 7.37. The predicted octanol–water partition coefficient (Wildman–Crippen LogP) is 2.10. The van der Waals surface area contributed by atoms with E-state index in [1.807, 2.05) is 12.1 Å². The number of halogens is 1. The molecule has 1 aliphatic heterocycles. The van der Waals surface area contributed by atoms with Crippen molar-refractivity contribution < 1.29 is 4.79 Å². The lowest BCUT2D eigenvalue weighted by molar-refractivity contribution is 0.0949. The molecule has 1 saturated heterocycles. The first-order valence-electron chi connectivity index (χ1n) is 7.68. The van der Waals surface area contributed by atoms with Gasteiger partial charge in [0.25, 0.3) is 5.91 Å². The molecule has 0 radical (unpaired) electrons. The van der Waals surface area contributed by atoms with Gasteiger partial charge in [0.05, 0.1) is 11.2 Å². The quantitative estimate of drug-likeness (QED) is 0.908. The topological polar surface area (TPSA) is 71.0 Å². The van der Waals surface area contributed by atoms with E-state index in [0.29, 0.717) is 18.9 Å². The second-order valence-corrected chi connectivity index (χ2v) is 5.84. The minimum Gasteiger partial charge on any atom is -0.350 e. The van der Waals surface area contributed by atoms with Gasteiger partial charge < -0.3 is 10.2 Å². The second-order valence-electron chi connectivity index (χ2n) is 5.43. The van der Waals surface area contributed by atoms with Crippen molar-refractivity contribution >= 4 is 23.5 Å². The molecule has 2 aromatic rings. The van der Waals surface area contributed by atoms with E-state index in [1.54, 1.807) is 12.4 Å². The van der Waals surface area contributed by atoms with Crippen LogP contribution in [0.2, 0.25) is 5.02 Å². The molecule has 120 valence electrons. The SMILES string of the molecule is O=C(NCCc1cccnc1)c1nc(N2CCCC2)ncc1Cl. The van der Waals surface area contributed by atoms with Gasteiger partial charge in [-0.3, -0.25) is 9.78 Å². The van der Waals surface area contributed by atoms with Crippen LogP contribution in [-0.4, -0.2) is 40.5 Å². The van der Waals surface area contributed by atoms with Crippen molar-refractivity contribution in [3.63, 3.8) is 0 Å². The maximum atomic E-state index is 12.3. The Balaban J connectivity index is 1.63. The fourth-order valence-electron chi connectivity index (χ4n) is 2.54. The van der Waals surface area contributed by atoms with Gasteiger partial charge in [-0.1, -0.05) is 17.7 Å². The summed E-state index contributed by atoms with van der Waals surface area (Å²) in [4.78, 5) is 27.0. The molecule has 2 aromatic heterocycles. The highest BCUT2D eigenvalue weighted by Crippen LogP contribution is 2.19. The van der Waals surface area contributed by atoms with Crippen LogP contribution in [0, 0.1) is 0 Å². The zero-order valence-corrected chi connectivity index (χ0v) is 13.5. The van der Waals surface area contributed by atoms with E-state index in [2.05, 4.69) is 25.2 Å². The molecule has 6 nitrogen and oxygen atoms in total. The van der Waals surface area contributed by atoms with Gasteiger partial charge in [0.15, 0.2) is 5.69 Å². The summed E-state index contributed by atoms with van der Waals surface area (Å²) in [6.45, 7) is 2.34. The molecule has 23 heavy (non-hydrogen) atoms. The molecular weight excluding hydrogens is 314 g/mol. The van der Waals surface area contributed by atoms with Crippen LogP contribution in [0.25, 0.3) is 0 Å². The van der Waals surface area contributed by atoms with Gasteiger partial charge in [0, 0.05) is 32.0 Å². The minimum absolute atomic E-state index is 0.231. The Bertz CT molecular complexity index is 673. The summed E-state index contributed by atoms with van der Waals surface area (Å²) in [7, 11) is 0. The third-order valence-corrected chi connectivity index (χ3v) is 4.03. The van der Waals surface area contributed by atoms with Gasteiger partial charge in [-0.25, -0.2) is 9.97 Å². The monoisotopic (exact) mass is 331 g/mol. The number of aromatic nitrogens is 3. The third-order valence-electron chi connectivity index (χ3n) is 3.76. The molecule has 0 bridgehead atoms. The van der Waals surface area contributed by atoms with E-state index in [0.717, 1.165) is 31.5 Å². The van der Waals surface area contributed by atoms with Gasteiger partial charge in [0.1, 0.15) is 0 Å². The van der Waals surface area contributed by atoms with E-state index in [1.165, 1.54) is 6.20 Å². The number of carbonyl (C=O) groups is 1. The molecule has 0 spiro atoms. The molecule has 1 N–H and O–H groups in total. The number of nitrogens with zero attached hydrogens (tertiary/aromatic N) is 4. The smallest absolute Gasteiger partial charge is 0.271 e. The fourth-order valence-corrected chi connectivity index (χ4v) is 2.71. The summed E-state index contributed by atoms with van der Waals surface area (Å²) in [5, 5.41) is 3.12. The highest BCUT2D eigenvalue weighted by molar-refractivity contribution is 6.33. The van der Waals surface area contributed by atoms with Crippen LogP contribution in [-0.2, 0) is 6.42 Å². The summed E-state index contributed by atoms with van der Waals surface area (Å²) < 4.78 is 0. The predicted molar refractivity (Wildman–Crippen MR) is 88.8 cm³/mol. The lowest BCUT2D eigenvalue weighted by atomic mass is 10.2. The number of hydrogen-bond acceptors (Lipinski definition) is 5. The number of anilines is 1. The number of amides is 1. The molecule has 0 aromatic carbocycles. The maximum Gasteiger partial charge on any atom is 0.271 e. The molecule has 7 heteroatoms. The highest BCUT2D eigenvalue weighted by Gasteiger charge is 2.19. The van der Waals surface area contributed by atoms with Gasteiger partial charge in [0.2, 0.25) is 5.95 Å². The van der Waals surface area contributed by atoms with Crippen LogP contribution < -0.4 is 10.2 Å². The highest BCUT2D eigenvalue weighted by atomic mass is 35.5. The molecular formula is C16H18ClN5O. The summed E-state index contributed by atoms with van der Waals surface area (Å²) >= 11 is 6.08. The Labute approximate surface area is 139 Å². The molecule has 0 atom stereocenters. The van der Waals surface area contributed by atoms with Gasteiger partial charge in [-0.2, -0.15) is 0 Å². The van der Waals surface area contributed by atoms with Crippen molar-refractivity contribution in [2.45, 2.75) is 19.3 Å². The zero-order valence-electron chi connectivity index (χ0n) is 12.7. The van der Waals surface area contributed by atoms with Crippen molar-refractivity contribution in [3.8, 4) is 0 Å². The summed E-state index contributed by atoms with van der Waals surface area (Å²) in [6.07, 6.45) is 7.97. The molecule has 1 fully saturated rings. The van der Waals surface area contributed by atoms with E-state index < -0.39 is 0 Å². The number of rotatable bonds is 5. The fraction of sp³-hybridized carbons (Fsp3) is 0.375. The largest absolute Gasteiger partial charge is 0.350 e. The van der Waals surface area contributed by atoms with Crippen molar-refractivity contribution in [2.75, 3.05) is 24.5 Å². The van der Waals surface area contributed by atoms with Crippen molar-refractivity contribution in [3.05, 3.63) is 47.0 Å². The third kappa shape index (κ3) is 3.96. The average Bonchev–Trinajstić information content (AvgIpc) is 3.10. The summed E-state index contributed by atoms with van der Waals surface area (Å²) in [5.74, 6) is 0.297. The molecule has 0 saturated carbocycles. The van der Waals surface area contributed by atoms with Crippen molar-refractivity contribution in [1.82, 2.24) is 20.3 Å². The molecule has 1 amide bonds. The standard InChI is InChI=1S/C16H18ClN5O/c17-13-11-20-16(22-8-1-2-9-22)21-14(13)15(23)19-7-5-12-4-3-6-18-10-12/h3-4,6,10-11H,1-2,5,7-9H2,(H,19,23). The Kier molecular flexibility index (Phi) is 5.02. The van der Waals surface area contributed by atoms with Crippen LogP contribution in [0.1, 0.15) is 28.9 Å². The molecule has 3 heterocycles. The van der Waals surface area contributed by atoms with Crippen LogP contribution >= 0.6 is 11.6 Å². The van der Waals surface area contributed by atoms with E-state index >= 15 is 0 Å². The average molecular weight is 332 g/mol. The van der Waals surface area contributed by atoms with Crippen LogP contribution in [0.5, 0.6) is 0 Å². The first-order chi connectivity index (χ1) is 11.2. The number of hydrogen-bond donors (Lipinski definition) is 1. The van der Waals surface area contributed by atoms with Crippen molar-refractivity contribution in [2.24, 2.45) is 0 Å². The Morgan fingerprint density at radius 1 is 1.30 bits per heavy atom. The molecule has 3 rings (SSSR count). The summed E-state index contributed by atoms with van der Waals surface area (Å²) in [6, 6.07) is 3.85. The zero-order chi connectivity index (χ0) is 16.1. The first kappa shape index (κ1) is 15.7. The normalized spacial score (nSPS) is 14.0. The van der Waals surface area contributed by atoms with Crippen molar-refractivity contribution in [1.29, 1.82) is 0 Å². The van der Waals surface area contributed by atoms with E-state index in [4.69, 9.17) is 11.6 Å². The number of nitrogens with one attached hydrogen (secondary N) is 1. The lowest BCUT2D eigenvalue weighted by Crippen LogP contribution is -2.28.